The molecule has 6 N–H and O–H groups in total. The van der Waals surface area contributed by atoms with Gasteiger partial charge in [0.2, 0.25) is 0 Å². The van der Waals surface area contributed by atoms with Crippen LogP contribution in [-0.4, -0.2) is 77.6 Å². The van der Waals surface area contributed by atoms with E-state index in [-0.39, 0.29) is 70.1 Å². The molecule has 0 fully saturated rings. The van der Waals surface area contributed by atoms with Crippen molar-refractivity contribution < 1.29 is 42.0 Å². The van der Waals surface area contributed by atoms with Crippen LogP contribution in [0.1, 0.15) is 0 Å². The molecule has 0 aliphatic heterocycles. The first-order valence-corrected chi connectivity index (χ1v) is 4.13. The quantitative estimate of drug-likeness (QED) is 0.422. The summed E-state index contributed by atoms with van der Waals surface area (Å²) in [6, 6.07) is 0. The molecule has 0 aromatic heterocycles. The van der Waals surface area contributed by atoms with E-state index in [2.05, 4.69) is 0 Å². The summed E-state index contributed by atoms with van der Waals surface area (Å²) in [4.78, 5) is 0. The molecule has 0 aliphatic carbocycles. The summed E-state index contributed by atoms with van der Waals surface area (Å²) in [6.07, 6.45) is 0. The molecule has 0 aliphatic rings. The molecule has 0 heterocycles. The Morgan fingerprint density at radius 3 is 0.889 bits per heavy atom. The molecule has 0 unspecified atom stereocenters. The molecule has 0 atom stereocenters. The minimum atomic E-state index is -5.52. The Labute approximate surface area is 99.6 Å². The van der Waals surface area contributed by atoms with Gasteiger partial charge < -0.3 is 11.0 Å². The van der Waals surface area contributed by atoms with Gasteiger partial charge in [0.25, 0.3) is 0 Å². The van der Waals surface area contributed by atoms with Crippen molar-refractivity contribution in [3.8, 4) is 0 Å². The molecule has 6 nitrogen and oxygen atoms in total. The average Bonchev–Trinajstić information content (AvgIpc) is 0.722. The first-order chi connectivity index (χ1) is 2.00. The summed E-state index contributed by atoms with van der Waals surface area (Å²) in [5.41, 5.74) is 0. The van der Waals surface area contributed by atoms with Crippen molar-refractivity contribution in [1.29, 1.82) is 0 Å². The van der Waals surface area contributed by atoms with Crippen molar-refractivity contribution in [3.05, 3.63) is 0 Å². The second-order valence-electron chi connectivity index (χ2n) is 0.448. The van der Waals surface area contributed by atoms with E-state index in [9.17, 15) is 0 Å². The zero-order valence-corrected chi connectivity index (χ0v) is 11.1. The van der Waals surface area contributed by atoms with Gasteiger partial charge in [0.15, 0.2) is 0 Å². The van der Waals surface area contributed by atoms with Crippen LogP contribution in [0.4, 0.5) is 0 Å². The van der Waals surface area contributed by atoms with Gasteiger partial charge in [0.1, 0.15) is 0 Å². The molecule has 0 saturated carbocycles. The molecule has 0 rings (SSSR count). The molecule has 9 heavy (non-hydrogen) atoms. The fraction of sp³-hybridized carbons (Fsp3) is 0. The van der Waals surface area contributed by atoms with Gasteiger partial charge in [-0.15, -0.1) is 0 Å². The van der Waals surface area contributed by atoms with Gasteiger partial charge in [-0.2, -0.15) is 0 Å². The van der Waals surface area contributed by atoms with Crippen LogP contribution >= 0.6 is 0 Å². The number of hydrogen-bond acceptors (Lipinski definition) is 2. The average molecular weight is 244 g/mol. The Bertz CT molecular complexity index is 94.2. The van der Waals surface area contributed by atoms with Gasteiger partial charge in [0.05, 0.1) is 0 Å². The molecule has 9 heteroatoms. The van der Waals surface area contributed by atoms with Gasteiger partial charge in [-0.1, -0.05) is 0 Å². The second kappa shape index (κ2) is 12.8. The standard InChI is InChI=1S/Mo.2Na.4H2O.2O/h;;;4*1H2;;/q+2;;;;;;;;/p-2. The van der Waals surface area contributed by atoms with E-state index in [4.69, 9.17) is 14.3 Å². The Kier molecular flexibility index (Phi) is 43.1. The fourth-order valence-corrected chi connectivity index (χ4v) is 0. The van der Waals surface area contributed by atoms with Crippen LogP contribution < -0.4 is 0 Å². The summed E-state index contributed by atoms with van der Waals surface area (Å²) >= 11 is -5.52. The second-order valence-corrected chi connectivity index (χ2v) is 2.65. The number of hydrogen-bond donors (Lipinski definition) is 2. The molecular weight excluding hydrogens is 238 g/mol. The van der Waals surface area contributed by atoms with Crippen LogP contribution in [0.15, 0.2) is 0 Å². The topological polar surface area (TPSA) is 138 Å². The molecule has 0 aromatic carbocycles. The van der Waals surface area contributed by atoms with Gasteiger partial charge >= 0.3 is 31.1 Å². The van der Waals surface area contributed by atoms with Crippen molar-refractivity contribution in [3.63, 3.8) is 0 Å². The molecule has 2 radical (unpaired) electrons. The zero-order valence-electron chi connectivity index (χ0n) is 5.12. The molecule has 0 saturated heterocycles. The van der Waals surface area contributed by atoms with Crippen LogP contribution in [0.25, 0.3) is 0 Å². The van der Waals surface area contributed by atoms with Crippen molar-refractivity contribution in [2.45, 2.75) is 0 Å². The van der Waals surface area contributed by atoms with Crippen LogP contribution in [0.2, 0.25) is 0 Å². The van der Waals surface area contributed by atoms with E-state index in [0.717, 1.165) is 0 Å². The third kappa shape index (κ3) is 148. The maximum atomic E-state index is 8.85. The molecule has 50 valence electrons. The summed E-state index contributed by atoms with van der Waals surface area (Å²) in [5.74, 6) is 0. The summed E-state index contributed by atoms with van der Waals surface area (Å²) < 4.78 is 32.0. The molecule has 0 aromatic rings. The summed E-state index contributed by atoms with van der Waals surface area (Å²) in [6.45, 7) is 0. The van der Waals surface area contributed by atoms with Crippen molar-refractivity contribution >= 4 is 59.1 Å². The van der Waals surface area contributed by atoms with Gasteiger partial charge in [-0.05, 0) is 0 Å². The minimum absolute atomic E-state index is 0. The summed E-state index contributed by atoms with van der Waals surface area (Å²) in [5, 5.41) is 0. The van der Waals surface area contributed by atoms with Crippen molar-refractivity contribution in [2.24, 2.45) is 0 Å². The molecule has 0 amide bonds. The predicted octanol–water partition coefficient (Wildman–Crippen LogP) is -3.77. The molecular formula is H6MoNa2O6. The third-order valence-electron chi connectivity index (χ3n) is 0. The Morgan fingerprint density at radius 2 is 0.889 bits per heavy atom. The van der Waals surface area contributed by atoms with Gasteiger partial charge in [-0.3, -0.25) is 0 Å². The van der Waals surface area contributed by atoms with Crippen molar-refractivity contribution in [1.82, 2.24) is 0 Å². The van der Waals surface area contributed by atoms with Crippen molar-refractivity contribution in [2.75, 3.05) is 0 Å². The van der Waals surface area contributed by atoms with Crippen LogP contribution in [0.5, 0.6) is 0 Å². The van der Waals surface area contributed by atoms with E-state index in [1.807, 2.05) is 0 Å². The molecule has 0 bridgehead atoms. The van der Waals surface area contributed by atoms with E-state index < -0.39 is 16.7 Å². The van der Waals surface area contributed by atoms with E-state index in [0.29, 0.717) is 0 Å². The zero-order chi connectivity index (χ0) is 4.50. The van der Waals surface area contributed by atoms with Gasteiger partial charge in [0, 0.05) is 59.1 Å². The van der Waals surface area contributed by atoms with Crippen LogP contribution in [0.3, 0.4) is 0 Å². The van der Waals surface area contributed by atoms with E-state index in [1.54, 1.807) is 0 Å². The third-order valence-corrected chi connectivity index (χ3v) is 0. The number of rotatable bonds is 0. The van der Waals surface area contributed by atoms with E-state index >= 15 is 0 Å². The first-order valence-electron chi connectivity index (χ1n) is 0.698. The SMILES string of the molecule is O.O.[Na].[Na].[O]=[Mo](=[O])([OH])[OH]. The maximum absolute atomic E-state index is 8.85. The Morgan fingerprint density at radius 1 is 0.889 bits per heavy atom. The normalized spacial score (nSPS) is 6.44. The summed E-state index contributed by atoms with van der Waals surface area (Å²) in [7, 11) is 0. The predicted molar refractivity (Wildman–Crippen MR) is 24.5 cm³/mol. The van der Waals surface area contributed by atoms with Gasteiger partial charge in [-0.25, -0.2) is 0 Å². The van der Waals surface area contributed by atoms with Crippen LogP contribution in [0, 0.1) is 0 Å². The van der Waals surface area contributed by atoms with E-state index in [1.165, 1.54) is 0 Å². The van der Waals surface area contributed by atoms with Crippen LogP contribution in [-0.2, 0) is 23.5 Å². The first kappa shape index (κ1) is 30.4. The Balaban J connectivity index is -0.0000000133. The Hall–Kier alpha value is 2.13. The monoisotopic (exact) mass is 246 g/mol. The molecule has 0 spiro atoms. The fourth-order valence-electron chi connectivity index (χ4n) is 0.